The van der Waals surface area contributed by atoms with Crippen molar-refractivity contribution in [1.29, 1.82) is 0 Å². The molecule has 5 heteroatoms. The van der Waals surface area contributed by atoms with E-state index >= 15 is 0 Å². The fourth-order valence-electron chi connectivity index (χ4n) is 1.97. The van der Waals surface area contributed by atoms with Crippen molar-refractivity contribution in [2.75, 3.05) is 5.73 Å². The van der Waals surface area contributed by atoms with Crippen LogP contribution in [0.2, 0.25) is 0 Å². The van der Waals surface area contributed by atoms with Crippen LogP contribution >= 0.6 is 0 Å². The molecule has 90 valence electrons. The maximum atomic E-state index is 5.94. The van der Waals surface area contributed by atoms with Crippen LogP contribution in [0.3, 0.4) is 0 Å². The third kappa shape index (κ3) is 1.88. The Morgan fingerprint density at radius 3 is 2.29 bits per heavy atom. The van der Waals surface area contributed by atoms with E-state index in [1.54, 1.807) is 0 Å². The highest BCUT2D eigenvalue weighted by atomic mass is 16.5. The van der Waals surface area contributed by atoms with Gasteiger partial charge in [0.15, 0.2) is 5.82 Å². The molecule has 0 fully saturated rings. The van der Waals surface area contributed by atoms with Crippen molar-refractivity contribution in [3.63, 3.8) is 0 Å². The van der Waals surface area contributed by atoms with Gasteiger partial charge in [0.05, 0.1) is 11.3 Å². The minimum atomic E-state index is 0.537. The Morgan fingerprint density at radius 1 is 1.12 bits per heavy atom. The van der Waals surface area contributed by atoms with Gasteiger partial charge < -0.3 is 10.3 Å². The van der Waals surface area contributed by atoms with E-state index < -0.39 is 0 Å². The van der Waals surface area contributed by atoms with Gasteiger partial charge in [-0.25, -0.2) is 9.97 Å². The number of aromatic nitrogens is 3. The van der Waals surface area contributed by atoms with Crippen molar-refractivity contribution < 1.29 is 4.52 Å². The molecule has 17 heavy (non-hydrogen) atoms. The normalized spacial score (nSPS) is 10.8. The maximum Gasteiger partial charge on any atom is 0.167 e. The lowest BCUT2D eigenvalue weighted by Crippen LogP contribution is -2.05. The topological polar surface area (TPSA) is 77.8 Å². The third-order valence-corrected chi connectivity index (χ3v) is 2.86. The highest BCUT2D eigenvalue weighted by molar-refractivity contribution is 5.62. The predicted molar refractivity (Wildman–Crippen MR) is 65.5 cm³/mol. The highest BCUT2D eigenvalue weighted by Gasteiger charge is 2.16. The van der Waals surface area contributed by atoms with Crippen LogP contribution in [0.25, 0.3) is 11.4 Å². The van der Waals surface area contributed by atoms with Crippen LogP contribution in [0.4, 0.5) is 5.82 Å². The molecule has 5 nitrogen and oxygen atoms in total. The molecular formula is C12H16N4O. The van der Waals surface area contributed by atoms with Crippen molar-refractivity contribution in [1.82, 2.24) is 15.1 Å². The number of nitrogen functional groups attached to an aromatic ring is 1. The minimum absolute atomic E-state index is 0.537. The number of nitrogens with zero attached hydrogens (tertiary/aromatic N) is 3. The first-order chi connectivity index (χ1) is 8.04. The molecule has 0 saturated carbocycles. The Hall–Kier alpha value is -1.91. The lowest BCUT2D eigenvalue weighted by Gasteiger charge is -2.08. The number of anilines is 1. The van der Waals surface area contributed by atoms with Crippen LogP contribution in [0.1, 0.15) is 29.6 Å². The highest BCUT2D eigenvalue weighted by Crippen LogP contribution is 2.26. The number of hydrogen-bond donors (Lipinski definition) is 1. The lowest BCUT2D eigenvalue weighted by molar-refractivity contribution is 0.393. The summed E-state index contributed by atoms with van der Waals surface area (Å²) in [4.78, 5) is 8.81. The molecule has 0 aliphatic carbocycles. The van der Waals surface area contributed by atoms with E-state index in [1.807, 2.05) is 27.7 Å². The van der Waals surface area contributed by atoms with Gasteiger partial charge >= 0.3 is 0 Å². The summed E-state index contributed by atoms with van der Waals surface area (Å²) in [5, 5.41) is 3.90. The molecule has 0 saturated heterocycles. The summed E-state index contributed by atoms with van der Waals surface area (Å²) in [5.74, 6) is 1.84. The summed E-state index contributed by atoms with van der Waals surface area (Å²) in [7, 11) is 0. The van der Waals surface area contributed by atoms with E-state index in [2.05, 4.69) is 15.1 Å². The summed E-state index contributed by atoms with van der Waals surface area (Å²) >= 11 is 0. The smallest absolute Gasteiger partial charge is 0.167 e. The second-order valence-electron chi connectivity index (χ2n) is 4.05. The Morgan fingerprint density at radius 2 is 1.82 bits per heavy atom. The predicted octanol–water partition coefficient (Wildman–Crippen LogP) is 2.20. The molecule has 0 bridgehead atoms. The molecule has 2 aromatic heterocycles. The maximum absolute atomic E-state index is 5.94. The zero-order valence-electron chi connectivity index (χ0n) is 10.5. The average molecular weight is 232 g/mol. The van der Waals surface area contributed by atoms with Crippen molar-refractivity contribution in [2.45, 2.75) is 34.1 Å². The summed E-state index contributed by atoms with van der Waals surface area (Å²) in [5.41, 5.74) is 9.47. The zero-order valence-corrected chi connectivity index (χ0v) is 10.5. The molecule has 0 amide bonds. The number of rotatable bonds is 2. The second kappa shape index (κ2) is 4.16. The average Bonchev–Trinajstić information content (AvgIpc) is 2.58. The molecule has 2 aromatic rings. The van der Waals surface area contributed by atoms with Gasteiger partial charge in [0, 0.05) is 11.3 Å². The Bertz CT molecular complexity index is 517. The molecule has 0 atom stereocenters. The monoisotopic (exact) mass is 232 g/mol. The number of hydrogen-bond acceptors (Lipinski definition) is 5. The van der Waals surface area contributed by atoms with Crippen LogP contribution in [-0.4, -0.2) is 15.1 Å². The van der Waals surface area contributed by atoms with E-state index in [9.17, 15) is 0 Å². The first kappa shape index (κ1) is 11.6. The first-order valence-electron chi connectivity index (χ1n) is 5.60. The van der Waals surface area contributed by atoms with Gasteiger partial charge in [0.1, 0.15) is 11.6 Å². The second-order valence-corrected chi connectivity index (χ2v) is 4.05. The van der Waals surface area contributed by atoms with E-state index in [4.69, 9.17) is 10.3 Å². The Balaban J connectivity index is 2.62. The molecule has 0 aliphatic rings. The van der Waals surface area contributed by atoms with Gasteiger partial charge in [-0.2, -0.15) is 0 Å². The lowest BCUT2D eigenvalue weighted by atomic mass is 10.1. The van der Waals surface area contributed by atoms with Gasteiger partial charge in [-0.05, 0) is 27.2 Å². The van der Waals surface area contributed by atoms with Crippen LogP contribution in [0, 0.1) is 20.8 Å². The Labute approximate surface area is 100 Å². The molecule has 2 heterocycles. The van der Waals surface area contributed by atoms with Crippen LogP contribution < -0.4 is 5.73 Å². The molecule has 0 aromatic carbocycles. The van der Waals surface area contributed by atoms with Crippen molar-refractivity contribution in [3.8, 4) is 11.4 Å². The zero-order chi connectivity index (χ0) is 12.6. The molecule has 2 rings (SSSR count). The minimum Gasteiger partial charge on any atom is -0.383 e. The van der Waals surface area contributed by atoms with Crippen LogP contribution in [0.5, 0.6) is 0 Å². The number of aryl methyl sites for hydroxylation is 3. The standard InChI is InChI=1S/C12H16N4O/c1-5-9-6(2)14-12(15-11(9)13)10-7(3)16-17-8(10)4/h5H2,1-4H3,(H2,13,14,15). The summed E-state index contributed by atoms with van der Waals surface area (Å²) in [6.45, 7) is 7.70. The SMILES string of the molecule is CCc1c(C)nc(-c2c(C)noc2C)nc1N. The first-order valence-corrected chi connectivity index (χ1v) is 5.60. The van der Waals surface area contributed by atoms with E-state index in [1.165, 1.54) is 0 Å². The third-order valence-electron chi connectivity index (χ3n) is 2.86. The summed E-state index contributed by atoms with van der Waals surface area (Å²) in [6.07, 6.45) is 0.833. The summed E-state index contributed by atoms with van der Waals surface area (Å²) < 4.78 is 5.12. The summed E-state index contributed by atoms with van der Waals surface area (Å²) in [6, 6.07) is 0. The van der Waals surface area contributed by atoms with E-state index in [0.717, 1.165) is 28.9 Å². The van der Waals surface area contributed by atoms with E-state index in [-0.39, 0.29) is 0 Å². The van der Waals surface area contributed by atoms with E-state index in [0.29, 0.717) is 17.4 Å². The molecule has 0 unspecified atom stereocenters. The van der Waals surface area contributed by atoms with Crippen molar-refractivity contribution in [2.24, 2.45) is 0 Å². The quantitative estimate of drug-likeness (QED) is 0.858. The molecule has 0 spiro atoms. The van der Waals surface area contributed by atoms with Crippen molar-refractivity contribution >= 4 is 5.82 Å². The van der Waals surface area contributed by atoms with Gasteiger partial charge in [0.25, 0.3) is 0 Å². The van der Waals surface area contributed by atoms with Gasteiger partial charge in [0.2, 0.25) is 0 Å². The molecular weight excluding hydrogens is 216 g/mol. The molecule has 0 aliphatic heterocycles. The molecule has 0 radical (unpaired) electrons. The van der Waals surface area contributed by atoms with Gasteiger partial charge in [-0.15, -0.1) is 0 Å². The van der Waals surface area contributed by atoms with Gasteiger partial charge in [-0.3, -0.25) is 0 Å². The van der Waals surface area contributed by atoms with Crippen LogP contribution in [-0.2, 0) is 6.42 Å². The van der Waals surface area contributed by atoms with Gasteiger partial charge in [-0.1, -0.05) is 12.1 Å². The van der Waals surface area contributed by atoms with Crippen LogP contribution in [0.15, 0.2) is 4.52 Å². The molecule has 2 N–H and O–H groups in total. The van der Waals surface area contributed by atoms with Crippen molar-refractivity contribution in [3.05, 3.63) is 22.7 Å². The largest absolute Gasteiger partial charge is 0.383 e. The fourth-order valence-corrected chi connectivity index (χ4v) is 1.97. The Kier molecular flexibility index (Phi) is 2.83. The number of nitrogens with two attached hydrogens (primary N) is 1. The fraction of sp³-hybridized carbons (Fsp3) is 0.417.